The molecule has 4 rings (SSSR count). The molecule has 2 bridgehead atoms. The quantitative estimate of drug-likeness (QED) is 0.840. The van der Waals surface area contributed by atoms with Crippen LogP contribution in [-0.4, -0.2) is 30.6 Å². The van der Waals surface area contributed by atoms with Crippen LogP contribution in [0.2, 0.25) is 0 Å². The van der Waals surface area contributed by atoms with Gasteiger partial charge >= 0.3 is 0 Å². The van der Waals surface area contributed by atoms with Gasteiger partial charge in [-0.15, -0.1) is 0 Å². The molecule has 0 radical (unpaired) electrons. The Labute approximate surface area is 102 Å². The summed E-state index contributed by atoms with van der Waals surface area (Å²) in [5, 5.41) is 12.5. The highest BCUT2D eigenvalue weighted by molar-refractivity contribution is 5.50. The molecule has 0 aliphatic carbocycles. The number of piperidine rings is 3. The minimum atomic E-state index is 0.562. The lowest BCUT2D eigenvalue weighted by Crippen LogP contribution is -2.53. The van der Waals surface area contributed by atoms with Crippen molar-refractivity contribution in [1.29, 1.82) is 5.26 Å². The third-order valence-corrected chi connectivity index (χ3v) is 4.00. The fraction of sp³-hybridized carbons (Fsp3) is 0.500. The van der Waals surface area contributed by atoms with E-state index in [-0.39, 0.29) is 0 Å². The molecular formula is C14H17N3. The van der Waals surface area contributed by atoms with Crippen molar-refractivity contribution < 1.29 is 0 Å². The van der Waals surface area contributed by atoms with Crippen LogP contribution in [0.1, 0.15) is 18.4 Å². The van der Waals surface area contributed by atoms with Crippen molar-refractivity contribution in [2.45, 2.75) is 18.9 Å². The van der Waals surface area contributed by atoms with Crippen molar-refractivity contribution >= 4 is 5.69 Å². The second kappa shape index (κ2) is 4.38. The predicted octanol–water partition coefficient (Wildman–Crippen LogP) is 2.06. The zero-order valence-electron chi connectivity index (χ0n) is 9.89. The first kappa shape index (κ1) is 10.6. The number of rotatable bonds is 2. The lowest BCUT2D eigenvalue weighted by atomic mass is 9.84. The van der Waals surface area contributed by atoms with Gasteiger partial charge in [-0.1, -0.05) is 6.07 Å². The number of nitriles is 1. The van der Waals surface area contributed by atoms with Crippen LogP contribution in [0.3, 0.4) is 0 Å². The SMILES string of the molecule is N#Cc1cccc(NC2CN3CCC2CC3)c1. The van der Waals surface area contributed by atoms with Crippen molar-refractivity contribution in [2.24, 2.45) is 5.92 Å². The van der Waals surface area contributed by atoms with Crippen molar-refractivity contribution in [2.75, 3.05) is 25.0 Å². The first-order valence-electron chi connectivity index (χ1n) is 6.34. The molecule has 17 heavy (non-hydrogen) atoms. The third kappa shape index (κ3) is 2.13. The van der Waals surface area contributed by atoms with E-state index in [4.69, 9.17) is 5.26 Å². The second-order valence-corrected chi connectivity index (χ2v) is 5.08. The number of fused-ring (bicyclic) bond motifs is 3. The van der Waals surface area contributed by atoms with E-state index in [1.807, 2.05) is 18.2 Å². The smallest absolute Gasteiger partial charge is 0.0992 e. The molecular weight excluding hydrogens is 210 g/mol. The molecule has 3 saturated heterocycles. The van der Waals surface area contributed by atoms with E-state index in [0.29, 0.717) is 6.04 Å². The maximum atomic E-state index is 8.89. The molecule has 3 aliphatic heterocycles. The first-order chi connectivity index (χ1) is 8.35. The fourth-order valence-corrected chi connectivity index (χ4v) is 3.02. The molecule has 3 aliphatic rings. The number of nitrogens with zero attached hydrogens (tertiary/aromatic N) is 2. The van der Waals surface area contributed by atoms with Crippen LogP contribution >= 0.6 is 0 Å². The molecule has 1 N–H and O–H groups in total. The summed E-state index contributed by atoms with van der Waals surface area (Å²) in [6.45, 7) is 3.68. The third-order valence-electron chi connectivity index (χ3n) is 4.00. The molecule has 1 unspecified atom stereocenters. The Morgan fingerprint density at radius 1 is 1.29 bits per heavy atom. The van der Waals surface area contributed by atoms with Crippen molar-refractivity contribution in [3.63, 3.8) is 0 Å². The average Bonchev–Trinajstić information content (AvgIpc) is 2.40. The summed E-state index contributed by atoms with van der Waals surface area (Å²) in [6, 6.07) is 10.5. The van der Waals surface area contributed by atoms with Gasteiger partial charge in [0, 0.05) is 18.3 Å². The zero-order valence-corrected chi connectivity index (χ0v) is 9.89. The second-order valence-electron chi connectivity index (χ2n) is 5.08. The monoisotopic (exact) mass is 227 g/mol. The van der Waals surface area contributed by atoms with Gasteiger partial charge in [-0.3, -0.25) is 0 Å². The fourth-order valence-electron chi connectivity index (χ4n) is 3.02. The highest BCUT2D eigenvalue weighted by Gasteiger charge is 2.33. The number of anilines is 1. The average molecular weight is 227 g/mol. The van der Waals surface area contributed by atoms with Crippen LogP contribution in [0.25, 0.3) is 0 Å². The van der Waals surface area contributed by atoms with E-state index < -0.39 is 0 Å². The minimum Gasteiger partial charge on any atom is -0.381 e. The Balaban J connectivity index is 1.72. The summed E-state index contributed by atoms with van der Waals surface area (Å²) < 4.78 is 0. The highest BCUT2D eigenvalue weighted by Crippen LogP contribution is 2.29. The van der Waals surface area contributed by atoms with Crippen molar-refractivity contribution in [3.8, 4) is 6.07 Å². The molecule has 3 fully saturated rings. The van der Waals surface area contributed by atoms with Gasteiger partial charge in [0.05, 0.1) is 11.6 Å². The summed E-state index contributed by atoms with van der Waals surface area (Å²) in [5.74, 6) is 0.811. The Kier molecular flexibility index (Phi) is 2.74. The maximum Gasteiger partial charge on any atom is 0.0992 e. The molecule has 0 aromatic heterocycles. The van der Waals surface area contributed by atoms with E-state index in [2.05, 4.69) is 22.4 Å². The molecule has 3 nitrogen and oxygen atoms in total. The predicted molar refractivity (Wildman–Crippen MR) is 67.7 cm³/mol. The molecule has 0 saturated carbocycles. The van der Waals surface area contributed by atoms with Gasteiger partial charge in [-0.25, -0.2) is 0 Å². The molecule has 1 aromatic rings. The van der Waals surface area contributed by atoms with E-state index in [9.17, 15) is 0 Å². The van der Waals surface area contributed by atoms with Gasteiger partial charge in [0.15, 0.2) is 0 Å². The van der Waals surface area contributed by atoms with E-state index in [1.54, 1.807) is 0 Å². The van der Waals surface area contributed by atoms with Gasteiger partial charge in [-0.2, -0.15) is 5.26 Å². The largest absolute Gasteiger partial charge is 0.381 e. The van der Waals surface area contributed by atoms with Crippen molar-refractivity contribution in [3.05, 3.63) is 29.8 Å². The lowest BCUT2D eigenvalue weighted by molar-refractivity contribution is 0.0975. The van der Waals surface area contributed by atoms with Crippen LogP contribution in [0, 0.1) is 17.2 Å². The summed E-state index contributed by atoms with van der Waals surface area (Å²) >= 11 is 0. The van der Waals surface area contributed by atoms with Crippen LogP contribution in [0.5, 0.6) is 0 Å². The van der Waals surface area contributed by atoms with E-state index in [0.717, 1.165) is 23.7 Å². The summed E-state index contributed by atoms with van der Waals surface area (Å²) in [6.07, 6.45) is 2.63. The summed E-state index contributed by atoms with van der Waals surface area (Å²) in [4.78, 5) is 2.53. The first-order valence-corrected chi connectivity index (χ1v) is 6.34. The van der Waals surface area contributed by atoms with Crippen LogP contribution in [-0.2, 0) is 0 Å². The molecule has 1 aromatic carbocycles. The van der Waals surface area contributed by atoms with E-state index in [1.165, 1.54) is 25.9 Å². The standard InChI is InChI=1S/C14H17N3/c15-9-11-2-1-3-13(8-11)16-14-10-17-6-4-12(14)5-7-17/h1-3,8,12,14,16H,4-7,10H2. The Morgan fingerprint density at radius 3 is 2.76 bits per heavy atom. The van der Waals surface area contributed by atoms with Gasteiger partial charge in [0.2, 0.25) is 0 Å². The molecule has 1 atom stereocenters. The van der Waals surface area contributed by atoms with Gasteiger partial charge in [0.25, 0.3) is 0 Å². The molecule has 3 heteroatoms. The number of hydrogen-bond donors (Lipinski definition) is 1. The van der Waals surface area contributed by atoms with E-state index >= 15 is 0 Å². The molecule has 0 spiro atoms. The van der Waals surface area contributed by atoms with Crippen LogP contribution in [0.4, 0.5) is 5.69 Å². The summed E-state index contributed by atoms with van der Waals surface area (Å²) in [7, 11) is 0. The normalized spacial score (nSPS) is 30.9. The Bertz CT molecular complexity index is 441. The molecule has 3 heterocycles. The number of nitrogens with one attached hydrogen (secondary N) is 1. The Hall–Kier alpha value is -1.53. The maximum absolute atomic E-state index is 8.89. The molecule has 88 valence electrons. The summed E-state index contributed by atoms with van der Waals surface area (Å²) in [5.41, 5.74) is 1.82. The highest BCUT2D eigenvalue weighted by atomic mass is 15.2. The number of hydrogen-bond acceptors (Lipinski definition) is 3. The lowest BCUT2D eigenvalue weighted by Gasteiger charge is -2.45. The van der Waals surface area contributed by atoms with Gasteiger partial charge < -0.3 is 10.2 Å². The van der Waals surface area contributed by atoms with Crippen LogP contribution < -0.4 is 5.32 Å². The minimum absolute atomic E-state index is 0.562. The molecule has 0 amide bonds. The van der Waals surface area contributed by atoms with Gasteiger partial charge in [0.1, 0.15) is 0 Å². The van der Waals surface area contributed by atoms with Crippen LogP contribution in [0.15, 0.2) is 24.3 Å². The van der Waals surface area contributed by atoms with Gasteiger partial charge in [-0.05, 0) is 50.0 Å². The zero-order chi connectivity index (χ0) is 11.7. The topological polar surface area (TPSA) is 39.1 Å². The number of benzene rings is 1. The van der Waals surface area contributed by atoms with Crippen molar-refractivity contribution in [1.82, 2.24) is 4.90 Å². The Morgan fingerprint density at radius 2 is 2.12 bits per heavy atom.